The van der Waals surface area contributed by atoms with E-state index in [1.165, 1.54) is 0 Å². The molecule has 0 saturated carbocycles. The van der Waals surface area contributed by atoms with Crippen LogP contribution in [0.5, 0.6) is 0 Å². The standard InChI is InChI=1S/C16H19N5/c1-4-17-14-9-12(11(2)3)19-16(20-14)13-10-21-8-6-5-7-15(21)18-13/h5-11H,4H2,1-3H3,(H,17,19,20). The number of hydrogen-bond donors (Lipinski definition) is 1. The largest absolute Gasteiger partial charge is 0.370 e. The van der Waals surface area contributed by atoms with Gasteiger partial charge in [-0.2, -0.15) is 0 Å². The van der Waals surface area contributed by atoms with E-state index in [9.17, 15) is 0 Å². The van der Waals surface area contributed by atoms with Gasteiger partial charge in [-0.15, -0.1) is 0 Å². The van der Waals surface area contributed by atoms with Gasteiger partial charge >= 0.3 is 0 Å². The zero-order chi connectivity index (χ0) is 14.8. The number of hydrogen-bond acceptors (Lipinski definition) is 4. The third-order valence-corrected chi connectivity index (χ3v) is 3.29. The van der Waals surface area contributed by atoms with Crippen molar-refractivity contribution in [3.8, 4) is 11.5 Å². The van der Waals surface area contributed by atoms with Gasteiger partial charge in [0.1, 0.15) is 17.2 Å². The Morgan fingerprint density at radius 2 is 2.05 bits per heavy atom. The lowest BCUT2D eigenvalue weighted by atomic mass is 10.1. The molecule has 0 aliphatic rings. The van der Waals surface area contributed by atoms with Crippen molar-refractivity contribution in [2.24, 2.45) is 0 Å². The van der Waals surface area contributed by atoms with Gasteiger partial charge in [0.05, 0.1) is 0 Å². The van der Waals surface area contributed by atoms with E-state index < -0.39 is 0 Å². The maximum absolute atomic E-state index is 4.65. The fraction of sp³-hybridized carbons (Fsp3) is 0.312. The number of nitrogens with one attached hydrogen (secondary N) is 1. The summed E-state index contributed by atoms with van der Waals surface area (Å²) in [7, 11) is 0. The molecule has 1 N–H and O–H groups in total. The van der Waals surface area contributed by atoms with Gasteiger partial charge < -0.3 is 9.72 Å². The zero-order valence-corrected chi connectivity index (χ0v) is 12.5. The van der Waals surface area contributed by atoms with Crippen LogP contribution in [0.25, 0.3) is 17.2 Å². The lowest BCUT2D eigenvalue weighted by Crippen LogP contribution is -2.05. The Balaban J connectivity index is 2.11. The molecular weight excluding hydrogens is 262 g/mol. The van der Waals surface area contributed by atoms with Crippen molar-refractivity contribution in [2.75, 3.05) is 11.9 Å². The highest BCUT2D eigenvalue weighted by Crippen LogP contribution is 2.21. The first-order valence-corrected chi connectivity index (χ1v) is 7.24. The zero-order valence-electron chi connectivity index (χ0n) is 12.5. The summed E-state index contributed by atoms with van der Waals surface area (Å²) in [5.41, 5.74) is 2.71. The molecule has 0 aliphatic carbocycles. The number of pyridine rings is 1. The summed E-state index contributed by atoms with van der Waals surface area (Å²) in [6.45, 7) is 7.15. The number of rotatable bonds is 4. The molecule has 5 heteroatoms. The second kappa shape index (κ2) is 5.52. The summed E-state index contributed by atoms with van der Waals surface area (Å²) in [6, 6.07) is 7.93. The lowest BCUT2D eigenvalue weighted by Gasteiger charge is -2.09. The first-order valence-electron chi connectivity index (χ1n) is 7.24. The summed E-state index contributed by atoms with van der Waals surface area (Å²) in [4.78, 5) is 13.8. The maximum Gasteiger partial charge on any atom is 0.182 e. The molecule has 3 aromatic heterocycles. The van der Waals surface area contributed by atoms with E-state index in [0.29, 0.717) is 11.7 Å². The SMILES string of the molecule is CCNc1cc(C(C)C)nc(-c2cn3ccccc3n2)n1. The molecule has 0 atom stereocenters. The van der Waals surface area contributed by atoms with Crippen LogP contribution in [0, 0.1) is 0 Å². The van der Waals surface area contributed by atoms with Gasteiger partial charge in [0.15, 0.2) is 5.82 Å². The number of imidazole rings is 1. The van der Waals surface area contributed by atoms with Crippen molar-refractivity contribution in [2.45, 2.75) is 26.7 Å². The van der Waals surface area contributed by atoms with Crippen LogP contribution in [0.2, 0.25) is 0 Å². The minimum atomic E-state index is 0.348. The number of anilines is 1. The van der Waals surface area contributed by atoms with E-state index >= 15 is 0 Å². The Bertz CT molecular complexity index is 727. The predicted octanol–water partition coefficient (Wildman–Crippen LogP) is 3.35. The monoisotopic (exact) mass is 281 g/mol. The van der Waals surface area contributed by atoms with Crippen LogP contribution < -0.4 is 5.32 Å². The van der Waals surface area contributed by atoms with Crippen LogP contribution in [-0.2, 0) is 0 Å². The van der Waals surface area contributed by atoms with Gasteiger partial charge in [-0.1, -0.05) is 19.9 Å². The van der Waals surface area contributed by atoms with Crippen LogP contribution in [0.15, 0.2) is 36.7 Å². The van der Waals surface area contributed by atoms with Gasteiger partial charge in [-0.05, 0) is 25.0 Å². The molecule has 0 unspecified atom stereocenters. The molecule has 0 aliphatic heterocycles. The van der Waals surface area contributed by atoms with E-state index in [1.807, 2.05) is 41.1 Å². The molecule has 0 saturated heterocycles. The predicted molar refractivity (Wildman–Crippen MR) is 84.5 cm³/mol. The fourth-order valence-corrected chi connectivity index (χ4v) is 2.19. The first-order chi connectivity index (χ1) is 10.2. The Labute approximate surface area is 124 Å². The summed E-state index contributed by atoms with van der Waals surface area (Å²) in [5, 5.41) is 3.26. The van der Waals surface area contributed by atoms with Crippen molar-refractivity contribution in [1.82, 2.24) is 19.4 Å². The molecule has 0 radical (unpaired) electrons. The highest BCUT2D eigenvalue weighted by Gasteiger charge is 2.12. The van der Waals surface area contributed by atoms with Gasteiger partial charge in [-0.3, -0.25) is 0 Å². The Kier molecular flexibility index (Phi) is 3.56. The van der Waals surface area contributed by atoms with E-state index in [0.717, 1.165) is 29.4 Å². The van der Waals surface area contributed by atoms with Crippen LogP contribution in [0.4, 0.5) is 5.82 Å². The molecule has 5 nitrogen and oxygen atoms in total. The topological polar surface area (TPSA) is 55.1 Å². The third-order valence-electron chi connectivity index (χ3n) is 3.29. The summed E-state index contributed by atoms with van der Waals surface area (Å²) in [6.07, 6.45) is 3.94. The van der Waals surface area contributed by atoms with E-state index in [2.05, 4.69) is 41.0 Å². The second-order valence-corrected chi connectivity index (χ2v) is 5.28. The molecule has 0 fully saturated rings. The average molecular weight is 281 g/mol. The summed E-state index contributed by atoms with van der Waals surface area (Å²) in [5.74, 6) is 1.87. The van der Waals surface area contributed by atoms with Crippen LogP contribution >= 0.6 is 0 Å². The number of fused-ring (bicyclic) bond motifs is 1. The van der Waals surface area contributed by atoms with Crippen molar-refractivity contribution in [1.29, 1.82) is 0 Å². The van der Waals surface area contributed by atoms with Crippen molar-refractivity contribution in [3.05, 3.63) is 42.4 Å². The highest BCUT2D eigenvalue weighted by atomic mass is 15.1. The van der Waals surface area contributed by atoms with Crippen LogP contribution in [0.3, 0.4) is 0 Å². The van der Waals surface area contributed by atoms with Gasteiger partial charge in [-0.25, -0.2) is 15.0 Å². The number of aromatic nitrogens is 4. The second-order valence-electron chi connectivity index (χ2n) is 5.28. The summed E-state index contributed by atoms with van der Waals surface area (Å²) >= 11 is 0. The molecule has 21 heavy (non-hydrogen) atoms. The lowest BCUT2D eigenvalue weighted by molar-refractivity contribution is 0.816. The van der Waals surface area contributed by atoms with E-state index in [4.69, 9.17) is 0 Å². The molecule has 108 valence electrons. The Morgan fingerprint density at radius 3 is 2.76 bits per heavy atom. The smallest absolute Gasteiger partial charge is 0.182 e. The third kappa shape index (κ3) is 2.72. The van der Waals surface area contributed by atoms with Crippen molar-refractivity contribution >= 4 is 11.5 Å². The highest BCUT2D eigenvalue weighted by molar-refractivity contribution is 5.57. The molecule has 3 heterocycles. The molecule has 0 bridgehead atoms. The van der Waals surface area contributed by atoms with Crippen LogP contribution in [-0.4, -0.2) is 25.9 Å². The maximum atomic E-state index is 4.65. The Morgan fingerprint density at radius 1 is 1.19 bits per heavy atom. The molecule has 0 aromatic carbocycles. The molecule has 0 spiro atoms. The quantitative estimate of drug-likeness (QED) is 0.797. The van der Waals surface area contributed by atoms with Gasteiger partial charge in [0, 0.05) is 30.7 Å². The summed E-state index contributed by atoms with van der Waals surface area (Å²) < 4.78 is 1.98. The van der Waals surface area contributed by atoms with E-state index in [-0.39, 0.29) is 0 Å². The van der Waals surface area contributed by atoms with Gasteiger partial charge in [0.2, 0.25) is 0 Å². The normalized spacial score (nSPS) is 11.2. The minimum absolute atomic E-state index is 0.348. The Hall–Kier alpha value is -2.43. The number of nitrogens with zero attached hydrogens (tertiary/aromatic N) is 4. The first kappa shape index (κ1) is 13.5. The molecule has 0 amide bonds. The minimum Gasteiger partial charge on any atom is -0.370 e. The van der Waals surface area contributed by atoms with Crippen molar-refractivity contribution in [3.63, 3.8) is 0 Å². The van der Waals surface area contributed by atoms with Crippen molar-refractivity contribution < 1.29 is 0 Å². The fourth-order valence-electron chi connectivity index (χ4n) is 2.19. The van der Waals surface area contributed by atoms with Crippen LogP contribution in [0.1, 0.15) is 32.4 Å². The average Bonchev–Trinajstić information content (AvgIpc) is 2.91. The van der Waals surface area contributed by atoms with E-state index in [1.54, 1.807) is 0 Å². The van der Waals surface area contributed by atoms with Gasteiger partial charge in [0.25, 0.3) is 0 Å². The molecular formula is C16H19N5. The molecule has 3 rings (SSSR count). The molecule has 3 aromatic rings.